The van der Waals surface area contributed by atoms with Gasteiger partial charge in [0.2, 0.25) is 5.43 Å². The minimum Gasteiger partial charge on any atom is -0.477 e. The van der Waals surface area contributed by atoms with Crippen molar-refractivity contribution in [3.05, 3.63) is 39.4 Å². The molecule has 7 heteroatoms. The van der Waals surface area contributed by atoms with Gasteiger partial charge in [-0.25, -0.2) is 9.18 Å². The maximum Gasteiger partial charge on any atom is 0.341 e. The van der Waals surface area contributed by atoms with Gasteiger partial charge in [-0.3, -0.25) is 4.79 Å². The SMILES string of the molecule is Cc1cc2c(=O)c(C(=O)O)cn(C3CC3)c2c(F)c1N1CCC(CN)C1. The number of aromatic carboxylic acids is 1. The summed E-state index contributed by atoms with van der Waals surface area (Å²) in [5.74, 6) is -1.37. The molecule has 6 nitrogen and oxygen atoms in total. The van der Waals surface area contributed by atoms with Crippen LogP contribution in [0.5, 0.6) is 0 Å². The largest absolute Gasteiger partial charge is 0.477 e. The number of fused-ring (bicyclic) bond motifs is 1. The summed E-state index contributed by atoms with van der Waals surface area (Å²) in [6.45, 7) is 3.76. The van der Waals surface area contributed by atoms with Crippen LogP contribution in [-0.2, 0) is 0 Å². The highest BCUT2D eigenvalue weighted by molar-refractivity contribution is 5.94. The third-order valence-electron chi connectivity index (χ3n) is 5.53. The van der Waals surface area contributed by atoms with E-state index in [-0.39, 0.29) is 22.5 Å². The van der Waals surface area contributed by atoms with E-state index in [0.29, 0.717) is 30.3 Å². The van der Waals surface area contributed by atoms with E-state index in [9.17, 15) is 14.7 Å². The Morgan fingerprint density at radius 3 is 2.69 bits per heavy atom. The Labute approximate surface area is 150 Å². The van der Waals surface area contributed by atoms with Gasteiger partial charge in [-0.15, -0.1) is 0 Å². The van der Waals surface area contributed by atoms with Gasteiger partial charge in [0.05, 0.1) is 11.2 Å². The van der Waals surface area contributed by atoms with Gasteiger partial charge in [0.25, 0.3) is 0 Å². The van der Waals surface area contributed by atoms with Crippen molar-refractivity contribution in [2.24, 2.45) is 11.7 Å². The second-order valence-electron chi connectivity index (χ2n) is 7.40. The van der Waals surface area contributed by atoms with Crippen LogP contribution in [0.1, 0.15) is 41.2 Å². The van der Waals surface area contributed by atoms with Crippen LogP contribution in [0.3, 0.4) is 0 Å². The first kappa shape index (κ1) is 17.0. The van der Waals surface area contributed by atoms with Crippen molar-refractivity contribution in [3.63, 3.8) is 0 Å². The fourth-order valence-corrected chi connectivity index (χ4v) is 4.00. The molecule has 1 aliphatic heterocycles. The molecule has 1 aromatic heterocycles. The van der Waals surface area contributed by atoms with Crippen LogP contribution in [0.25, 0.3) is 10.9 Å². The normalized spacial score (nSPS) is 20.1. The zero-order valence-corrected chi connectivity index (χ0v) is 14.7. The first-order valence-electron chi connectivity index (χ1n) is 8.98. The van der Waals surface area contributed by atoms with Crippen LogP contribution >= 0.6 is 0 Å². The van der Waals surface area contributed by atoms with Gasteiger partial charge in [-0.2, -0.15) is 0 Å². The maximum atomic E-state index is 15.6. The molecule has 0 bridgehead atoms. The lowest BCUT2D eigenvalue weighted by Crippen LogP contribution is -2.26. The van der Waals surface area contributed by atoms with Crippen molar-refractivity contribution in [3.8, 4) is 0 Å². The fraction of sp³-hybridized carbons (Fsp3) is 0.474. The summed E-state index contributed by atoms with van der Waals surface area (Å²) >= 11 is 0. The minimum absolute atomic E-state index is 0.0524. The maximum absolute atomic E-state index is 15.6. The van der Waals surface area contributed by atoms with Gasteiger partial charge < -0.3 is 20.3 Å². The lowest BCUT2D eigenvalue weighted by Gasteiger charge is -2.24. The third kappa shape index (κ3) is 2.58. The van der Waals surface area contributed by atoms with E-state index < -0.39 is 17.2 Å². The van der Waals surface area contributed by atoms with E-state index >= 15 is 4.39 Å². The topological polar surface area (TPSA) is 88.6 Å². The average molecular weight is 359 g/mol. The van der Waals surface area contributed by atoms with Gasteiger partial charge in [0.1, 0.15) is 5.56 Å². The molecule has 2 aliphatic rings. The summed E-state index contributed by atoms with van der Waals surface area (Å²) in [4.78, 5) is 26.1. The molecule has 0 radical (unpaired) electrons. The van der Waals surface area contributed by atoms with Crippen molar-refractivity contribution in [2.75, 3.05) is 24.5 Å². The highest BCUT2D eigenvalue weighted by atomic mass is 19.1. The number of benzene rings is 1. The Bertz CT molecular complexity index is 965. The highest BCUT2D eigenvalue weighted by Crippen LogP contribution is 2.40. The number of anilines is 1. The summed E-state index contributed by atoms with van der Waals surface area (Å²) in [6, 6.07) is 1.69. The molecule has 1 saturated carbocycles. The molecule has 1 saturated heterocycles. The summed E-state index contributed by atoms with van der Waals surface area (Å²) in [5.41, 5.74) is 6.20. The summed E-state index contributed by atoms with van der Waals surface area (Å²) in [5, 5.41) is 9.49. The molecule has 1 unspecified atom stereocenters. The van der Waals surface area contributed by atoms with Crippen LogP contribution in [0.15, 0.2) is 17.1 Å². The molecular weight excluding hydrogens is 337 g/mol. The standard InChI is InChI=1S/C19H22FN3O3/c1-10-6-13-17(15(20)16(10)22-5-4-11(7-21)8-22)23(12-2-3-12)9-14(18(13)24)19(25)26/h6,9,11-12H,2-5,7-8,21H2,1H3,(H,25,26). The average Bonchev–Trinajstić information content (AvgIpc) is 3.33. The Hall–Kier alpha value is -2.41. The summed E-state index contributed by atoms with van der Waals surface area (Å²) in [6.07, 6.45) is 3.94. The predicted molar refractivity (Wildman–Crippen MR) is 97.5 cm³/mol. The van der Waals surface area contributed by atoms with Crippen molar-refractivity contribution in [1.29, 1.82) is 0 Å². The zero-order chi connectivity index (χ0) is 18.6. The molecule has 26 heavy (non-hydrogen) atoms. The van der Waals surface area contributed by atoms with Crippen LogP contribution < -0.4 is 16.1 Å². The van der Waals surface area contributed by atoms with E-state index in [0.717, 1.165) is 25.8 Å². The molecule has 1 atom stereocenters. The van der Waals surface area contributed by atoms with Gasteiger partial charge in [0, 0.05) is 30.7 Å². The van der Waals surface area contributed by atoms with Gasteiger partial charge in [-0.05, 0) is 50.3 Å². The van der Waals surface area contributed by atoms with E-state index in [1.807, 2.05) is 4.90 Å². The number of halogens is 1. The van der Waals surface area contributed by atoms with Gasteiger partial charge in [-0.1, -0.05) is 0 Å². The number of pyridine rings is 1. The minimum atomic E-state index is -1.28. The predicted octanol–water partition coefficient (Wildman–Crippen LogP) is 2.27. The van der Waals surface area contributed by atoms with Crippen molar-refractivity contribution >= 4 is 22.6 Å². The van der Waals surface area contributed by atoms with Crippen LogP contribution in [0.2, 0.25) is 0 Å². The van der Waals surface area contributed by atoms with E-state index in [4.69, 9.17) is 5.73 Å². The third-order valence-corrected chi connectivity index (χ3v) is 5.53. The number of nitrogens with zero attached hydrogens (tertiary/aromatic N) is 2. The summed E-state index contributed by atoms with van der Waals surface area (Å²) in [7, 11) is 0. The van der Waals surface area contributed by atoms with E-state index in [2.05, 4.69) is 0 Å². The van der Waals surface area contributed by atoms with Crippen LogP contribution in [0, 0.1) is 18.7 Å². The number of carbonyl (C=O) groups is 1. The molecule has 2 fully saturated rings. The molecule has 4 rings (SSSR count). The number of hydrogen-bond acceptors (Lipinski definition) is 4. The van der Waals surface area contributed by atoms with E-state index in [1.165, 1.54) is 6.20 Å². The monoisotopic (exact) mass is 359 g/mol. The van der Waals surface area contributed by atoms with Crippen LogP contribution in [-0.4, -0.2) is 35.3 Å². The number of aryl methyl sites for hydroxylation is 1. The second kappa shape index (κ2) is 6.09. The molecule has 2 heterocycles. The quantitative estimate of drug-likeness (QED) is 0.874. The first-order valence-corrected chi connectivity index (χ1v) is 8.98. The number of nitrogens with two attached hydrogens (primary N) is 1. The Morgan fingerprint density at radius 2 is 2.12 bits per heavy atom. The molecular formula is C19H22FN3O3. The Morgan fingerprint density at radius 1 is 1.38 bits per heavy atom. The zero-order valence-electron chi connectivity index (χ0n) is 14.7. The molecule has 2 aromatic rings. The van der Waals surface area contributed by atoms with Crippen molar-refractivity contribution < 1.29 is 14.3 Å². The molecule has 138 valence electrons. The number of carboxylic acid groups (broad SMARTS) is 1. The van der Waals surface area contributed by atoms with Gasteiger partial charge >= 0.3 is 5.97 Å². The smallest absolute Gasteiger partial charge is 0.341 e. The molecule has 3 N–H and O–H groups in total. The Balaban J connectivity index is 1.97. The number of rotatable bonds is 4. The van der Waals surface area contributed by atoms with Crippen molar-refractivity contribution in [1.82, 2.24) is 4.57 Å². The van der Waals surface area contributed by atoms with Crippen molar-refractivity contribution in [2.45, 2.75) is 32.2 Å². The lowest BCUT2D eigenvalue weighted by molar-refractivity contribution is 0.0695. The Kier molecular flexibility index (Phi) is 3.99. The van der Waals surface area contributed by atoms with Crippen LogP contribution in [0.4, 0.5) is 10.1 Å². The lowest BCUT2D eigenvalue weighted by atomic mass is 10.0. The summed E-state index contributed by atoms with van der Waals surface area (Å²) < 4.78 is 17.2. The molecule has 0 spiro atoms. The second-order valence-corrected chi connectivity index (χ2v) is 7.40. The molecule has 1 aliphatic carbocycles. The number of carboxylic acids is 1. The van der Waals surface area contributed by atoms with E-state index in [1.54, 1.807) is 17.6 Å². The first-order chi connectivity index (χ1) is 12.4. The molecule has 0 amide bonds. The molecule has 1 aromatic carbocycles. The fourth-order valence-electron chi connectivity index (χ4n) is 4.00. The number of hydrogen-bond donors (Lipinski definition) is 2. The van der Waals surface area contributed by atoms with Gasteiger partial charge in [0.15, 0.2) is 5.82 Å². The highest BCUT2D eigenvalue weighted by Gasteiger charge is 2.31. The number of aromatic nitrogens is 1.